The lowest BCUT2D eigenvalue weighted by Gasteiger charge is -2.27. The molecule has 242 valence electrons. The van der Waals surface area contributed by atoms with Gasteiger partial charge in [-0.25, -0.2) is 14.8 Å². The quantitative estimate of drug-likeness (QED) is 0.216. The van der Waals surface area contributed by atoms with Gasteiger partial charge >= 0.3 is 6.09 Å². The molecule has 2 saturated heterocycles. The molecule has 2 amide bonds. The fraction of sp³-hybridized carbons (Fsp3) is 0.459. The lowest BCUT2D eigenvalue weighted by Crippen LogP contribution is -2.36. The normalized spacial score (nSPS) is 19.2. The van der Waals surface area contributed by atoms with Crippen LogP contribution in [-0.4, -0.2) is 60.4 Å². The first-order valence-electron chi connectivity index (χ1n) is 16.6. The highest BCUT2D eigenvalue weighted by molar-refractivity contribution is 5.79. The molecule has 0 spiro atoms. The number of aromatic amines is 2. The van der Waals surface area contributed by atoms with E-state index in [0.717, 1.165) is 77.5 Å². The van der Waals surface area contributed by atoms with Crippen molar-refractivity contribution in [3.8, 4) is 33.6 Å². The summed E-state index contributed by atoms with van der Waals surface area (Å²) in [5.74, 6) is 2.19. The molecule has 9 heteroatoms. The molecule has 6 rings (SSSR count). The maximum Gasteiger partial charge on any atom is 0.410 e. The van der Waals surface area contributed by atoms with Crippen LogP contribution in [0.15, 0.2) is 60.9 Å². The van der Waals surface area contributed by atoms with Gasteiger partial charge in [-0.15, -0.1) is 0 Å². The number of benzene rings is 2. The minimum atomic E-state index is -0.533. The van der Waals surface area contributed by atoms with Gasteiger partial charge in [-0.2, -0.15) is 0 Å². The van der Waals surface area contributed by atoms with Crippen LogP contribution in [0.2, 0.25) is 0 Å². The van der Waals surface area contributed by atoms with E-state index in [9.17, 15) is 9.59 Å². The number of nitrogens with zero attached hydrogens (tertiary/aromatic N) is 4. The van der Waals surface area contributed by atoms with Crippen molar-refractivity contribution in [2.45, 2.75) is 84.9 Å². The van der Waals surface area contributed by atoms with Crippen molar-refractivity contribution < 1.29 is 14.3 Å². The van der Waals surface area contributed by atoms with E-state index < -0.39 is 5.60 Å². The predicted molar refractivity (Wildman–Crippen MR) is 180 cm³/mol. The van der Waals surface area contributed by atoms with E-state index in [0.29, 0.717) is 12.5 Å². The lowest BCUT2D eigenvalue weighted by molar-refractivity contribution is -0.137. The molecule has 2 fully saturated rings. The van der Waals surface area contributed by atoms with Crippen molar-refractivity contribution in [2.24, 2.45) is 11.8 Å². The summed E-state index contributed by atoms with van der Waals surface area (Å²) in [6, 6.07) is 16.8. The van der Waals surface area contributed by atoms with E-state index >= 15 is 0 Å². The number of amides is 2. The molecule has 0 saturated carbocycles. The highest BCUT2D eigenvalue weighted by Gasteiger charge is 2.36. The molecule has 2 aliphatic rings. The zero-order valence-corrected chi connectivity index (χ0v) is 27.8. The standard InChI is InChI=1S/C37H46N6O3/c1-23(2)24(3)35(44)42-19-7-9-31(42)33-38-21-29(40-33)27-15-11-25(12-16-27)26-13-17-28(18-14-26)30-22-39-34(41-30)32-10-8-20-43(32)36(45)46-37(4,5)6/h11-18,21-24,31-32H,7-10,19-20H2,1-6H3,(H,38,40)(H,39,41)/t24?,31-,32-/m0/s1. The summed E-state index contributed by atoms with van der Waals surface area (Å²) >= 11 is 0. The Labute approximate surface area is 271 Å². The number of rotatable bonds is 7. The van der Waals surface area contributed by atoms with Gasteiger partial charge in [0.15, 0.2) is 0 Å². The Kier molecular flexibility index (Phi) is 8.77. The largest absolute Gasteiger partial charge is 0.444 e. The van der Waals surface area contributed by atoms with Crippen molar-refractivity contribution in [3.63, 3.8) is 0 Å². The Bertz CT molecular complexity index is 1660. The van der Waals surface area contributed by atoms with E-state index in [1.165, 1.54) is 0 Å². The van der Waals surface area contributed by atoms with E-state index in [1.807, 2.05) is 45.0 Å². The fourth-order valence-corrected chi connectivity index (χ4v) is 6.44. The van der Waals surface area contributed by atoms with Gasteiger partial charge in [0.25, 0.3) is 0 Å². The summed E-state index contributed by atoms with van der Waals surface area (Å²) in [5.41, 5.74) is 5.67. The van der Waals surface area contributed by atoms with Gasteiger partial charge in [-0.1, -0.05) is 69.3 Å². The molecule has 2 N–H and O–H groups in total. The van der Waals surface area contributed by atoms with Gasteiger partial charge in [-0.05, 0) is 74.6 Å². The van der Waals surface area contributed by atoms with Crippen LogP contribution in [0.4, 0.5) is 4.79 Å². The minimum Gasteiger partial charge on any atom is -0.444 e. The summed E-state index contributed by atoms with van der Waals surface area (Å²) in [6.07, 6.45) is 7.14. The van der Waals surface area contributed by atoms with Gasteiger partial charge in [0.2, 0.25) is 5.91 Å². The van der Waals surface area contributed by atoms with Crippen LogP contribution in [0.5, 0.6) is 0 Å². The van der Waals surface area contributed by atoms with E-state index in [-0.39, 0.29) is 30.0 Å². The van der Waals surface area contributed by atoms with Crippen LogP contribution < -0.4 is 0 Å². The number of hydrogen-bond acceptors (Lipinski definition) is 5. The Morgan fingerprint density at radius 3 is 1.63 bits per heavy atom. The maximum atomic E-state index is 13.1. The van der Waals surface area contributed by atoms with Gasteiger partial charge < -0.3 is 19.6 Å². The number of carbonyl (C=O) groups is 2. The third-order valence-corrected chi connectivity index (χ3v) is 9.35. The minimum absolute atomic E-state index is 0.00213. The van der Waals surface area contributed by atoms with E-state index in [2.05, 4.69) is 77.3 Å². The number of aromatic nitrogens is 4. The monoisotopic (exact) mass is 622 g/mol. The number of H-pyrrole nitrogens is 2. The highest BCUT2D eigenvalue weighted by Crippen LogP contribution is 2.35. The molecule has 2 aromatic carbocycles. The third-order valence-electron chi connectivity index (χ3n) is 9.35. The Morgan fingerprint density at radius 2 is 1.17 bits per heavy atom. The molecular formula is C37H46N6O3. The van der Waals surface area contributed by atoms with Gasteiger partial charge in [-0.3, -0.25) is 9.69 Å². The highest BCUT2D eigenvalue weighted by atomic mass is 16.6. The Hall–Kier alpha value is -4.40. The fourth-order valence-electron chi connectivity index (χ4n) is 6.44. The SMILES string of the molecule is CC(C)C(C)C(=O)N1CCC[C@H]1c1ncc(-c2ccc(-c3ccc(-c4cnc([C@@H]5CCCN5C(=O)OC(C)(C)C)[nH]4)cc3)cc2)[nH]1. The molecule has 3 atom stereocenters. The van der Waals surface area contributed by atoms with Crippen molar-refractivity contribution >= 4 is 12.0 Å². The topological polar surface area (TPSA) is 107 Å². The van der Waals surface area contributed by atoms with Crippen LogP contribution in [0.25, 0.3) is 33.6 Å². The summed E-state index contributed by atoms with van der Waals surface area (Å²) in [7, 11) is 0. The number of imidazole rings is 2. The average molecular weight is 623 g/mol. The first-order chi connectivity index (χ1) is 22.0. The number of hydrogen-bond donors (Lipinski definition) is 2. The number of likely N-dealkylation sites (tertiary alicyclic amines) is 2. The molecule has 2 aliphatic heterocycles. The van der Waals surface area contributed by atoms with Crippen LogP contribution >= 0.6 is 0 Å². The summed E-state index contributed by atoms with van der Waals surface area (Å²) in [6.45, 7) is 13.4. The average Bonchev–Trinajstić information content (AvgIpc) is 3.85. The van der Waals surface area contributed by atoms with Crippen molar-refractivity contribution in [2.75, 3.05) is 13.1 Å². The molecule has 4 aromatic rings. The zero-order chi connectivity index (χ0) is 32.6. The van der Waals surface area contributed by atoms with Crippen molar-refractivity contribution in [1.29, 1.82) is 0 Å². The first-order valence-corrected chi connectivity index (χ1v) is 16.6. The second-order valence-corrected chi connectivity index (χ2v) is 14.1. The summed E-state index contributed by atoms with van der Waals surface area (Å²) in [4.78, 5) is 46.0. The molecule has 9 nitrogen and oxygen atoms in total. The molecule has 0 aliphatic carbocycles. The third kappa shape index (κ3) is 6.59. The second-order valence-electron chi connectivity index (χ2n) is 14.1. The summed E-state index contributed by atoms with van der Waals surface area (Å²) in [5, 5.41) is 0. The number of carbonyl (C=O) groups excluding carboxylic acids is 2. The number of ether oxygens (including phenoxy) is 1. The molecule has 1 unspecified atom stereocenters. The molecule has 46 heavy (non-hydrogen) atoms. The van der Waals surface area contributed by atoms with Crippen LogP contribution in [0.3, 0.4) is 0 Å². The van der Waals surface area contributed by atoms with Crippen LogP contribution in [0.1, 0.15) is 91.0 Å². The van der Waals surface area contributed by atoms with Gasteiger partial charge in [0.05, 0.1) is 35.9 Å². The maximum absolute atomic E-state index is 13.1. The molecule has 0 bridgehead atoms. The Morgan fingerprint density at radius 1 is 0.739 bits per heavy atom. The number of nitrogens with one attached hydrogen (secondary N) is 2. The Balaban J connectivity index is 1.11. The zero-order valence-electron chi connectivity index (χ0n) is 27.8. The van der Waals surface area contributed by atoms with E-state index in [4.69, 9.17) is 9.72 Å². The smallest absolute Gasteiger partial charge is 0.410 e. The van der Waals surface area contributed by atoms with Crippen LogP contribution in [-0.2, 0) is 9.53 Å². The molecular weight excluding hydrogens is 576 g/mol. The van der Waals surface area contributed by atoms with Crippen molar-refractivity contribution in [3.05, 3.63) is 72.6 Å². The predicted octanol–water partition coefficient (Wildman–Crippen LogP) is 8.16. The molecule has 0 radical (unpaired) electrons. The van der Waals surface area contributed by atoms with Crippen LogP contribution in [0, 0.1) is 11.8 Å². The second kappa shape index (κ2) is 12.8. The van der Waals surface area contributed by atoms with Gasteiger partial charge in [0, 0.05) is 19.0 Å². The van der Waals surface area contributed by atoms with E-state index in [1.54, 1.807) is 4.90 Å². The summed E-state index contributed by atoms with van der Waals surface area (Å²) < 4.78 is 5.63. The van der Waals surface area contributed by atoms with Crippen molar-refractivity contribution in [1.82, 2.24) is 29.7 Å². The lowest BCUT2D eigenvalue weighted by atomic mass is 9.96. The molecule has 2 aromatic heterocycles. The van der Waals surface area contributed by atoms with Gasteiger partial charge in [0.1, 0.15) is 17.2 Å². The molecule has 4 heterocycles. The first kappa shape index (κ1) is 31.6.